The molecule has 1 unspecified atom stereocenters. The average Bonchev–Trinajstić information content (AvgIpc) is 2.99. The van der Waals surface area contributed by atoms with Crippen molar-refractivity contribution in [2.45, 2.75) is 38.1 Å². The van der Waals surface area contributed by atoms with Crippen LogP contribution in [0.25, 0.3) is 0 Å². The molecule has 0 spiro atoms. The Morgan fingerprint density at radius 1 is 1.37 bits per heavy atom. The molecule has 2 heterocycles. The number of hydrogen-bond acceptors (Lipinski definition) is 4. The summed E-state index contributed by atoms with van der Waals surface area (Å²) in [5.74, 6) is -2.44. The van der Waals surface area contributed by atoms with Crippen LogP contribution in [0.2, 0.25) is 0 Å². The van der Waals surface area contributed by atoms with Gasteiger partial charge < -0.3 is 20.1 Å². The summed E-state index contributed by atoms with van der Waals surface area (Å²) in [5, 5.41) is 12.1. The number of aryl methyl sites for hydroxylation is 1. The van der Waals surface area contributed by atoms with E-state index in [0.717, 1.165) is 0 Å². The van der Waals surface area contributed by atoms with Crippen LogP contribution in [0.1, 0.15) is 31.2 Å². The van der Waals surface area contributed by atoms with Gasteiger partial charge in [0, 0.05) is 31.9 Å². The zero-order valence-corrected chi connectivity index (χ0v) is 15.2. The average molecular weight is 378 g/mol. The van der Waals surface area contributed by atoms with Gasteiger partial charge in [0.15, 0.2) is 0 Å². The molecule has 2 saturated heterocycles. The molecule has 0 radical (unpaired) electrons. The number of halogens is 1. The molecule has 2 aliphatic heterocycles. The zero-order chi connectivity index (χ0) is 19.6. The van der Waals surface area contributed by atoms with Gasteiger partial charge in [-0.3, -0.25) is 14.4 Å². The largest absolute Gasteiger partial charge is 0.481 e. The van der Waals surface area contributed by atoms with Crippen LogP contribution >= 0.6 is 0 Å². The lowest BCUT2D eigenvalue weighted by atomic mass is 9.85. The van der Waals surface area contributed by atoms with Gasteiger partial charge in [0.05, 0.1) is 17.9 Å². The molecule has 1 aromatic rings. The van der Waals surface area contributed by atoms with Gasteiger partial charge in [0.2, 0.25) is 11.8 Å². The van der Waals surface area contributed by atoms with Gasteiger partial charge in [0.25, 0.3) is 0 Å². The molecule has 2 aliphatic rings. The van der Waals surface area contributed by atoms with Crippen LogP contribution in [0.3, 0.4) is 0 Å². The Morgan fingerprint density at radius 2 is 2.07 bits per heavy atom. The van der Waals surface area contributed by atoms with Crippen LogP contribution in [0, 0.1) is 18.7 Å². The lowest BCUT2D eigenvalue weighted by Gasteiger charge is -2.37. The highest BCUT2D eigenvalue weighted by atomic mass is 19.1. The third kappa shape index (κ3) is 4.27. The van der Waals surface area contributed by atoms with Gasteiger partial charge in [0.1, 0.15) is 5.82 Å². The summed E-state index contributed by atoms with van der Waals surface area (Å²) in [6.45, 7) is 2.58. The molecule has 1 atom stereocenters. The van der Waals surface area contributed by atoms with Crippen LogP contribution in [-0.4, -0.2) is 48.2 Å². The minimum atomic E-state index is -0.983. The summed E-state index contributed by atoms with van der Waals surface area (Å²) < 4.78 is 18.8. The fourth-order valence-electron chi connectivity index (χ4n) is 3.69. The number of carboxylic acid groups (broad SMARTS) is 1. The highest BCUT2D eigenvalue weighted by molar-refractivity contribution is 6.00. The van der Waals surface area contributed by atoms with Gasteiger partial charge in [-0.2, -0.15) is 0 Å². The maximum atomic E-state index is 13.5. The summed E-state index contributed by atoms with van der Waals surface area (Å²) in [6, 6.07) is 4.40. The quantitative estimate of drug-likeness (QED) is 0.812. The fraction of sp³-hybridized carbons (Fsp3) is 0.526. The van der Waals surface area contributed by atoms with E-state index in [0.29, 0.717) is 37.3 Å². The number of carboxylic acids is 1. The highest BCUT2D eigenvalue weighted by Crippen LogP contribution is 2.29. The summed E-state index contributed by atoms with van der Waals surface area (Å²) in [4.78, 5) is 37.8. The molecule has 2 fully saturated rings. The monoisotopic (exact) mass is 378 g/mol. The lowest BCUT2D eigenvalue weighted by molar-refractivity contribution is -0.141. The minimum Gasteiger partial charge on any atom is -0.481 e. The van der Waals surface area contributed by atoms with Crippen molar-refractivity contribution in [3.63, 3.8) is 0 Å². The van der Waals surface area contributed by atoms with Crippen LogP contribution in [0.5, 0.6) is 0 Å². The first-order chi connectivity index (χ1) is 12.8. The molecule has 7 nitrogen and oxygen atoms in total. The molecule has 0 bridgehead atoms. The van der Waals surface area contributed by atoms with E-state index in [1.54, 1.807) is 13.0 Å². The number of rotatable bonds is 5. The Labute approximate surface area is 156 Å². The van der Waals surface area contributed by atoms with Crippen molar-refractivity contribution >= 4 is 23.5 Å². The molecule has 8 heteroatoms. The van der Waals surface area contributed by atoms with E-state index in [-0.39, 0.29) is 37.0 Å². The molecule has 0 aromatic heterocycles. The number of anilines is 1. The normalized spacial score (nSPS) is 21.9. The second-order valence-electron chi connectivity index (χ2n) is 7.29. The number of hydrogen-bond donors (Lipinski definition) is 2. The highest BCUT2D eigenvalue weighted by Gasteiger charge is 2.41. The minimum absolute atomic E-state index is 0.0436. The molecule has 27 heavy (non-hydrogen) atoms. The topological polar surface area (TPSA) is 95.9 Å². The van der Waals surface area contributed by atoms with E-state index in [1.807, 2.05) is 0 Å². The number of aliphatic carboxylic acids is 1. The molecule has 1 aromatic carbocycles. The molecule has 0 saturated carbocycles. The first-order valence-corrected chi connectivity index (χ1v) is 8.98. The Bertz CT molecular complexity index is 760. The van der Waals surface area contributed by atoms with E-state index < -0.39 is 17.4 Å². The number of carbonyl (C=O) groups is 3. The van der Waals surface area contributed by atoms with E-state index in [9.17, 15) is 23.9 Å². The maximum absolute atomic E-state index is 13.5. The van der Waals surface area contributed by atoms with Crippen LogP contribution in [0.15, 0.2) is 18.2 Å². The van der Waals surface area contributed by atoms with Crippen molar-refractivity contribution in [3.8, 4) is 0 Å². The van der Waals surface area contributed by atoms with Crippen LogP contribution < -0.4 is 10.2 Å². The zero-order valence-electron chi connectivity index (χ0n) is 15.2. The number of nitrogens with one attached hydrogen (secondary N) is 1. The fourth-order valence-corrected chi connectivity index (χ4v) is 3.69. The third-order valence-electron chi connectivity index (χ3n) is 5.28. The Balaban J connectivity index is 1.71. The molecule has 146 valence electrons. The summed E-state index contributed by atoms with van der Waals surface area (Å²) in [6.07, 6.45) is 0.713. The molecule has 2 amide bonds. The molecule has 0 aliphatic carbocycles. The molecule has 2 N–H and O–H groups in total. The molecular weight excluding hydrogens is 355 g/mol. The summed E-state index contributed by atoms with van der Waals surface area (Å²) >= 11 is 0. The van der Waals surface area contributed by atoms with E-state index in [1.165, 1.54) is 17.0 Å². The number of benzene rings is 1. The first-order valence-electron chi connectivity index (χ1n) is 8.98. The first kappa shape index (κ1) is 19.3. The van der Waals surface area contributed by atoms with Gasteiger partial charge in [-0.25, -0.2) is 4.39 Å². The number of carbonyl (C=O) groups excluding carboxylic acids is 2. The Kier molecular flexibility index (Phi) is 5.46. The van der Waals surface area contributed by atoms with Crippen molar-refractivity contribution in [2.75, 3.05) is 24.7 Å². The van der Waals surface area contributed by atoms with Gasteiger partial charge in [-0.1, -0.05) is 0 Å². The van der Waals surface area contributed by atoms with Crippen molar-refractivity contribution in [1.29, 1.82) is 0 Å². The SMILES string of the molecule is Cc1cc(N2CC(C(=O)NC3(CC(=O)O)CCOCC3)CC2=O)ccc1F. The second kappa shape index (κ2) is 7.64. The summed E-state index contributed by atoms with van der Waals surface area (Å²) in [5.41, 5.74) is 0.140. The van der Waals surface area contributed by atoms with E-state index >= 15 is 0 Å². The Morgan fingerprint density at radius 3 is 2.70 bits per heavy atom. The molecule has 3 rings (SSSR count). The van der Waals surface area contributed by atoms with E-state index in [2.05, 4.69) is 5.32 Å². The lowest BCUT2D eigenvalue weighted by Crippen LogP contribution is -2.54. The van der Waals surface area contributed by atoms with Gasteiger partial charge >= 0.3 is 5.97 Å². The predicted octanol–water partition coefficient (Wildman–Crippen LogP) is 1.63. The van der Waals surface area contributed by atoms with E-state index in [4.69, 9.17) is 4.74 Å². The van der Waals surface area contributed by atoms with Crippen molar-refractivity contribution in [3.05, 3.63) is 29.6 Å². The van der Waals surface area contributed by atoms with Crippen molar-refractivity contribution in [1.82, 2.24) is 5.32 Å². The predicted molar refractivity (Wildman–Crippen MR) is 94.8 cm³/mol. The summed E-state index contributed by atoms with van der Waals surface area (Å²) in [7, 11) is 0. The third-order valence-corrected chi connectivity index (χ3v) is 5.28. The van der Waals surface area contributed by atoms with Crippen molar-refractivity contribution in [2.24, 2.45) is 5.92 Å². The van der Waals surface area contributed by atoms with Crippen LogP contribution in [-0.2, 0) is 19.1 Å². The van der Waals surface area contributed by atoms with Crippen LogP contribution in [0.4, 0.5) is 10.1 Å². The Hall–Kier alpha value is -2.48. The maximum Gasteiger partial charge on any atom is 0.305 e. The second-order valence-corrected chi connectivity index (χ2v) is 7.29. The smallest absolute Gasteiger partial charge is 0.305 e. The van der Waals surface area contributed by atoms with Gasteiger partial charge in [-0.15, -0.1) is 0 Å². The number of nitrogens with zero attached hydrogens (tertiary/aromatic N) is 1. The number of amides is 2. The standard InChI is InChI=1S/C19H23FN2O5/c1-12-8-14(2-3-15(12)20)22-11-13(9-16(22)23)18(26)21-19(10-17(24)25)4-6-27-7-5-19/h2-3,8,13H,4-7,9-11H2,1H3,(H,21,26)(H,24,25). The number of ether oxygens (including phenoxy) is 1. The van der Waals surface area contributed by atoms with Gasteiger partial charge in [-0.05, 0) is 43.5 Å². The molecular formula is C19H23FN2O5. The van der Waals surface area contributed by atoms with Crippen molar-refractivity contribution < 1.29 is 28.6 Å².